The molecule has 2 heterocycles. The first kappa shape index (κ1) is 13.2. The number of hydrogen-bond donors (Lipinski definition) is 1. The van der Waals surface area contributed by atoms with Crippen LogP contribution in [0.3, 0.4) is 0 Å². The summed E-state index contributed by atoms with van der Waals surface area (Å²) in [6.07, 6.45) is 2.97. The number of rotatable bonds is 2. The van der Waals surface area contributed by atoms with Gasteiger partial charge in [0.1, 0.15) is 0 Å². The van der Waals surface area contributed by atoms with Gasteiger partial charge < -0.3 is 10.2 Å². The topological polar surface area (TPSA) is 32.3 Å². The van der Waals surface area contributed by atoms with Crippen LogP contribution < -0.4 is 5.32 Å². The van der Waals surface area contributed by atoms with E-state index in [4.69, 9.17) is 0 Å². The molecule has 3 nitrogen and oxygen atoms in total. The Labute approximate surface area is 109 Å². The van der Waals surface area contributed by atoms with E-state index in [0.717, 1.165) is 13.0 Å². The Kier molecular flexibility index (Phi) is 4.03. The zero-order valence-corrected chi connectivity index (χ0v) is 12.0. The lowest BCUT2D eigenvalue weighted by Crippen LogP contribution is -2.52. The predicted octanol–water partition coefficient (Wildman–Crippen LogP) is 1.73. The minimum absolute atomic E-state index is 0.293. The highest BCUT2D eigenvalue weighted by Crippen LogP contribution is 2.33. The number of amides is 1. The molecule has 0 radical (unpaired) electrons. The van der Waals surface area contributed by atoms with Crippen LogP contribution in [0, 0.1) is 5.41 Å². The van der Waals surface area contributed by atoms with Gasteiger partial charge in [0, 0.05) is 37.8 Å². The first-order valence-corrected chi connectivity index (χ1v) is 7.69. The van der Waals surface area contributed by atoms with Crippen LogP contribution in [0.15, 0.2) is 0 Å². The molecule has 0 aromatic carbocycles. The fourth-order valence-electron chi connectivity index (χ4n) is 2.85. The van der Waals surface area contributed by atoms with Crippen LogP contribution in [-0.4, -0.2) is 48.0 Å². The normalized spacial score (nSPS) is 33.8. The summed E-state index contributed by atoms with van der Waals surface area (Å²) in [6, 6.07) is 1.12. The second kappa shape index (κ2) is 5.19. The Morgan fingerprint density at radius 1 is 1.41 bits per heavy atom. The number of nitrogens with zero attached hydrogens (tertiary/aromatic N) is 1. The van der Waals surface area contributed by atoms with E-state index in [2.05, 4.69) is 30.9 Å². The lowest BCUT2D eigenvalue weighted by molar-refractivity contribution is -0.132. The number of nitrogens with one attached hydrogen (secondary N) is 1. The fraction of sp³-hybridized carbons (Fsp3) is 0.923. The summed E-state index contributed by atoms with van der Waals surface area (Å²) in [4.78, 5) is 13.3. The zero-order chi connectivity index (χ0) is 12.5. The van der Waals surface area contributed by atoms with Crippen LogP contribution in [0.4, 0.5) is 0 Å². The summed E-state index contributed by atoms with van der Waals surface area (Å²) in [7, 11) is 1.91. The van der Waals surface area contributed by atoms with Gasteiger partial charge in [-0.1, -0.05) is 13.8 Å². The average Bonchev–Trinajstić information content (AvgIpc) is 2.22. The zero-order valence-electron chi connectivity index (χ0n) is 11.2. The summed E-state index contributed by atoms with van der Waals surface area (Å²) in [5.74, 6) is 2.78. The van der Waals surface area contributed by atoms with Gasteiger partial charge in [-0.05, 0) is 24.0 Å². The Bertz CT molecular complexity index is 293. The molecule has 0 aliphatic carbocycles. The van der Waals surface area contributed by atoms with E-state index < -0.39 is 0 Å². The van der Waals surface area contributed by atoms with Crippen molar-refractivity contribution >= 4 is 17.7 Å². The molecule has 4 heteroatoms. The largest absolute Gasteiger partial charge is 0.344 e. The van der Waals surface area contributed by atoms with Gasteiger partial charge in [-0.3, -0.25) is 4.79 Å². The van der Waals surface area contributed by atoms with Gasteiger partial charge in [0.25, 0.3) is 0 Å². The Hall–Kier alpha value is -0.220. The van der Waals surface area contributed by atoms with Crippen molar-refractivity contribution in [2.24, 2.45) is 5.41 Å². The van der Waals surface area contributed by atoms with Crippen molar-refractivity contribution in [3.05, 3.63) is 0 Å². The van der Waals surface area contributed by atoms with Crippen LogP contribution in [0.25, 0.3) is 0 Å². The highest BCUT2D eigenvalue weighted by Gasteiger charge is 2.31. The molecule has 0 aromatic rings. The third kappa shape index (κ3) is 3.62. The van der Waals surface area contributed by atoms with E-state index in [9.17, 15) is 4.79 Å². The quantitative estimate of drug-likeness (QED) is 0.816. The SMILES string of the molecule is CN1CC(NC2CSCC(C)(C)C2)CCC1=O. The molecule has 0 bridgehead atoms. The molecule has 98 valence electrons. The van der Waals surface area contributed by atoms with Crippen molar-refractivity contribution < 1.29 is 4.79 Å². The molecule has 2 rings (SSSR count). The summed E-state index contributed by atoms with van der Waals surface area (Å²) < 4.78 is 0. The number of hydrogen-bond acceptors (Lipinski definition) is 3. The lowest BCUT2D eigenvalue weighted by atomic mass is 9.87. The van der Waals surface area contributed by atoms with E-state index in [1.54, 1.807) is 0 Å². The molecule has 2 fully saturated rings. The number of carbonyl (C=O) groups excluding carboxylic acids is 1. The minimum Gasteiger partial charge on any atom is -0.344 e. The first-order chi connectivity index (χ1) is 7.96. The van der Waals surface area contributed by atoms with Gasteiger partial charge in [-0.25, -0.2) is 0 Å². The number of likely N-dealkylation sites (N-methyl/N-ethyl adjacent to an activating group) is 1. The van der Waals surface area contributed by atoms with Crippen LogP contribution in [0.1, 0.15) is 33.1 Å². The molecule has 0 saturated carbocycles. The van der Waals surface area contributed by atoms with Crippen molar-refractivity contribution in [1.29, 1.82) is 0 Å². The highest BCUT2D eigenvalue weighted by molar-refractivity contribution is 7.99. The molecule has 2 unspecified atom stereocenters. The van der Waals surface area contributed by atoms with Crippen molar-refractivity contribution in [1.82, 2.24) is 10.2 Å². The predicted molar refractivity (Wildman–Crippen MR) is 73.3 cm³/mol. The summed E-state index contributed by atoms with van der Waals surface area (Å²) in [5, 5.41) is 3.75. The van der Waals surface area contributed by atoms with Crippen molar-refractivity contribution in [3.63, 3.8) is 0 Å². The molecule has 1 N–H and O–H groups in total. The Morgan fingerprint density at radius 3 is 2.82 bits per heavy atom. The van der Waals surface area contributed by atoms with E-state index in [1.165, 1.54) is 17.9 Å². The molecule has 2 saturated heterocycles. The maximum Gasteiger partial charge on any atom is 0.222 e. The molecular weight excluding hydrogens is 232 g/mol. The average molecular weight is 256 g/mol. The molecule has 17 heavy (non-hydrogen) atoms. The van der Waals surface area contributed by atoms with Gasteiger partial charge in [0.15, 0.2) is 0 Å². The van der Waals surface area contributed by atoms with Gasteiger partial charge >= 0.3 is 0 Å². The highest BCUT2D eigenvalue weighted by atomic mass is 32.2. The number of carbonyl (C=O) groups is 1. The maximum absolute atomic E-state index is 11.4. The maximum atomic E-state index is 11.4. The second-order valence-corrected chi connectivity index (χ2v) is 7.29. The van der Waals surface area contributed by atoms with Crippen LogP contribution in [0.2, 0.25) is 0 Å². The monoisotopic (exact) mass is 256 g/mol. The standard InChI is InChI=1S/C13H24N2OS/c1-13(2)6-11(8-17-9-13)14-10-4-5-12(16)15(3)7-10/h10-11,14H,4-9H2,1-3H3. The summed E-state index contributed by atoms with van der Waals surface area (Å²) in [6.45, 7) is 5.58. The fourth-order valence-corrected chi connectivity index (χ4v) is 4.14. The van der Waals surface area contributed by atoms with Crippen molar-refractivity contribution in [3.8, 4) is 0 Å². The smallest absolute Gasteiger partial charge is 0.222 e. The molecule has 2 aliphatic rings. The molecule has 2 aliphatic heterocycles. The van der Waals surface area contributed by atoms with Crippen LogP contribution in [-0.2, 0) is 4.79 Å². The van der Waals surface area contributed by atoms with Gasteiger partial charge in [0.2, 0.25) is 5.91 Å². The molecule has 0 aromatic heterocycles. The second-order valence-electron chi connectivity index (χ2n) is 6.26. The van der Waals surface area contributed by atoms with Gasteiger partial charge in [-0.15, -0.1) is 0 Å². The molecule has 0 spiro atoms. The summed E-state index contributed by atoms with van der Waals surface area (Å²) in [5.41, 5.74) is 0.455. The summed E-state index contributed by atoms with van der Waals surface area (Å²) >= 11 is 2.06. The van der Waals surface area contributed by atoms with E-state index in [-0.39, 0.29) is 0 Å². The number of piperidine rings is 1. The van der Waals surface area contributed by atoms with E-state index in [0.29, 0.717) is 29.8 Å². The first-order valence-electron chi connectivity index (χ1n) is 6.54. The van der Waals surface area contributed by atoms with E-state index >= 15 is 0 Å². The molecular formula is C13H24N2OS. The third-order valence-electron chi connectivity index (χ3n) is 3.71. The molecule has 1 amide bonds. The van der Waals surface area contributed by atoms with Crippen LogP contribution >= 0.6 is 11.8 Å². The van der Waals surface area contributed by atoms with Crippen molar-refractivity contribution in [2.75, 3.05) is 25.1 Å². The Balaban J connectivity index is 1.83. The van der Waals surface area contributed by atoms with E-state index in [1.807, 2.05) is 11.9 Å². The minimum atomic E-state index is 0.293. The van der Waals surface area contributed by atoms with Crippen LogP contribution in [0.5, 0.6) is 0 Å². The Morgan fingerprint density at radius 2 is 2.18 bits per heavy atom. The number of thioether (sulfide) groups is 1. The third-order valence-corrected chi connectivity index (χ3v) is 5.33. The molecule has 2 atom stereocenters. The van der Waals surface area contributed by atoms with Crippen molar-refractivity contribution in [2.45, 2.75) is 45.2 Å². The van der Waals surface area contributed by atoms with Gasteiger partial charge in [0.05, 0.1) is 0 Å². The number of likely N-dealkylation sites (tertiary alicyclic amines) is 1. The van der Waals surface area contributed by atoms with Gasteiger partial charge in [-0.2, -0.15) is 11.8 Å². The lowest BCUT2D eigenvalue weighted by Gasteiger charge is -2.39.